The lowest BCUT2D eigenvalue weighted by Crippen LogP contribution is -1.96. The van der Waals surface area contributed by atoms with Crippen molar-refractivity contribution >= 4 is 0 Å². The molecule has 134 valence electrons. The third kappa shape index (κ3) is 3.31. The zero-order chi connectivity index (χ0) is 18.8. The van der Waals surface area contributed by atoms with Crippen molar-refractivity contribution < 1.29 is 4.39 Å². The largest absolute Gasteiger partial charge is 0.316 e. The first-order chi connectivity index (χ1) is 13.1. The number of rotatable bonds is 4. The van der Waals surface area contributed by atoms with Crippen molar-refractivity contribution in [2.45, 2.75) is 19.8 Å². The van der Waals surface area contributed by atoms with Crippen LogP contribution in [0.15, 0.2) is 91.1 Å². The second-order valence-electron chi connectivity index (χ2n) is 7.04. The molecule has 0 amide bonds. The highest BCUT2D eigenvalue weighted by atomic mass is 19.1. The Morgan fingerprint density at radius 1 is 0.704 bits per heavy atom. The Balaban J connectivity index is 2.06. The van der Waals surface area contributed by atoms with Crippen LogP contribution in [0.3, 0.4) is 0 Å². The van der Waals surface area contributed by atoms with E-state index in [4.69, 9.17) is 0 Å². The number of hydrogen-bond donors (Lipinski definition) is 0. The van der Waals surface area contributed by atoms with Gasteiger partial charge in [0.15, 0.2) is 0 Å². The van der Waals surface area contributed by atoms with E-state index in [1.54, 1.807) is 0 Å². The van der Waals surface area contributed by atoms with E-state index in [0.717, 1.165) is 22.5 Å². The molecule has 0 atom stereocenters. The van der Waals surface area contributed by atoms with Gasteiger partial charge >= 0.3 is 0 Å². The molecule has 1 aromatic heterocycles. The van der Waals surface area contributed by atoms with E-state index in [2.05, 4.69) is 73.1 Å². The molecule has 1 heterocycles. The molecule has 0 saturated carbocycles. The van der Waals surface area contributed by atoms with Gasteiger partial charge in [-0.1, -0.05) is 74.5 Å². The molecule has 0 spiro atoms. The van der Waals surface area contributed by atoms with Crippen molar-refractivity contribution in [1.29, 1.82) is 0 Å². The maximum atomic E-state index is 13.5. The molecule has 0 aliphatic rings. The minimum Gasteiger partial charge on any atom is -0.316 e. The van der Waals surface area contributed by atoms with Crippen molar-refractivity contribution in [2.75, 3.05) is 0 Å². The van der Waals surface area contributed by atoms with Gasteiger partial charge in [0.25, 0.3) is 0 Å². The Labute approximate surface area is 159 Å². The predicted octanol–water partition coefficient (Wildman–Crippen LogP) is 7.07. The minimum atomic E-state index is -0.214. The quantitative estimate of drug-likeness (QED) is 0.369. The molecular weight excluding hydrogens is 333 g/mol. The predicted molar refractivity (Wildman–Crippen MR) is 111 cm³/mol. The Kier molecular flexibility index (Phi) is 4.64. The van der Waals surface area contributed by atoms with Gasteiger partial charge in [0, 0.05) is 17.4 Å². The molecule has 0 N–H and O–H groups in total. The highest BCUT2D eigenvalue weighted by Crippen LogP contribution is 2.41. The van der Waals surface area contributed by atoms with Crippen LogP contribution in [0.25, 0.3) is 28.1 Å². The number of para-hydroxylation sites is 1. The van der Waals surface area contributed by atoms with Crippen molar-refractivity contribution in [3.8, 4) is 28.1 Å². The number of aromatic nitrogens is 1. The molecular formula is C25H22FN. The van der Waals surface area contributed by atoms with Crippen molar-refractivity contribution in [3.63, 3.8) is 0 Å². The fourth-order valence-corrected chi connectivity index (χ4v) is 3.55. The Bertz CT molecular complexity index is 1030. The van der Waals surface area contributed by atoms with E-state index in [9.17, 15) is 4.39 Å². The molecule has 4 rings (SSSR count). The maximum absolute atomic E-state index is 13.5. The van der Waals surface area contributed by atoms with Gasteiger partial charge in [0.2, 0.25) is 0 Å². The van der Waals surface area contributed by atoms with Crippen LogP contribution < -0.4 is 0 Å². The fraction of sp³-hybridized carbons (Fsp3) is 0.120. The molecule has 3 aromatic carbocycles. The van der Waals surface area contributed by atoms with E-state index in [0.29, 0.717) is 5.92 Å². The lowest BCUT2D eigenvalue weighted by molar-refractivity contribution is 0.628. The summed E-state index contributed by atoms with van der Waals surface area (Å²) in [4.78, 5) is 0. The summed E-state index contributed by atoms with van der Waals surface area (Å²) in [5.74, 6) is 0.131. The third-order valence-corrected chi connectivity index (χ3v) is 4.87. The van der Waals surface area contributed by atoms with Gasteiger partial charge < -0.3 is 4.57 Å². The summed E-state index contributed by atoms with van der Waals surface area (Å²) in [7, 11) is 0. The van der Waals surface area contributed by atoms with Crippen molar-refractivity contribution in [2.24, 2.45) is 0 Å². The van der Waals surface area contributed by atoms with Crippen molar-refractivity contribution in [1.82, 2.24) is 4.57 Å². The van der Waals surface area contributed by atoms with Gasteiger partial charge in [-0.2, -0.15) is 0 Å². The summed E-state index contributed by atoms with van der Waals surface area (Å²) < 4.78 is 15.8. The normalized spacial score (nSPS) is 11.1. The Morgan fingerprint density at radius 3 is 1.89 bits per heavy atom. The minimum absolute atomic E-state index is 0.214. The van der Waals surface area contributed by atoms with Crippen LogP contribution in [-0.2, 0) is 0 Å². The van der Waals surface area contributed by atoms with Gasteiger partial charge in [0.05, 0.1) is 5.69 Å². The van der Waals surface area contributed by atoms with Crippen molar-refractivity contribution in [3.05, 3.63) is 103 Å². The average molecular weight is 355 g/mol. The first kappa shape index (κ1) is 17.3. The summed E-state index contributed by atoms with van der Waals surface area (Å²) in [6.07, 6.45) is 2.22. The Morgan fingerprint density at radius 2 is 1.30 bits per heavy atom. The van der Waals surface area contributed by atoms with Crippen LogP contribution in [-0.4, -0.2) is 4.57 Å². The lowest BCUT2D eigenvalue weighted by Gasteiger charge is -2.13. The SMILES string of the molecule is CC(C)c1cn(-c2ccccc2)c(-c2ccccc2)c1-c1ccc(F)cc1. The average Bonchev–Trinajstić information content (AvgIpc) is 3.11. The van der Waals surface area contributed by atoms with Gasteiger partial charge in [-0.25, -0.2) is 4.39 Å². The maximum Gasteiger partial charge on any atom is 0.123 e. The molecule has 0 aliphatic carbocycles. The summed E-state index contributed by atoms with van der Waals surface area (Å²) in [5, 5.41) is 0. The highest BCUT2D eigenvalue weighted by molar-refractivity contribution is 5.86. The number of hydrogen-bond acceptors (Lipinski definition) is 0. The van der Waals surface area contributed by atoms with Crippen LogP contribution >= 0.6 is 0 Å². The summed E-state index contributed by atoms with van der Waals surface area (Å²) in [6, 6.07) is 27.6. The molecule has 0 unspecified atom stereocenters. The molecule has 1 nitrogen and oxygen atoms in total. The van der Waals surface area contributed by atoms with Crippen LogP contribution in [0.2, 0.25) is 0 Å². The van der Waals surface area contributed by atoms with Crippen LogP contribution in [0.4, 0.5) is 4.39 Å². The molecule has 0 radical (unpaired) electrons. The van der Waals surface area contributed by atoms with Crippen LogP contribution in [0.5, 0.6) is 0 Å². The summed E-state index contributed by atoms with van der Waals surface area (Å²) in [5.41, 5.74) is 6.86. The Hall–Kier alpha value is -3.13. The number of nitrogens with zero attached hydrogens (tertiary/aromatic N) is 1. The smallest absolute Gasteiger partial charge is 0.123 e. The second kappa shape index (κ2) is 7.24. The van der Waals surface area contributed by atoms with Gasteiger partial charge in [-0.15, -0.1) is 0 Å². The number of halogens is 1. The van der Waals surface area contributed by atoms with Crippen LogP contribution in [0, 0.1) is 5.82 Å². The molecule has 0 aliphatic heterocycles. The molecule has 2 heteroatoms. The van der Waals surface area contributed by atoms with Gasteiger partial charge in [-0.05, 0) is 46.9 Å². The zero-order valence-corrected chi connectivity index (χ0v) is 15.6. The lowest BCUT2D eigenvalue weighted by atomic mass is 9.93. The third-order valence-electron chi connectivity index (χ3n) is 4.87. The first-order valence-electron chi connectivity index (χ1n) is 9.27. The monoisotopic (exact) mass is 355 g/mol. The highest BCUT2D eigenvalue weighted by Gasteiger charge is 2.21. The molecule has 0 fully saturated rings. The van der Waals surface area contributed by atoms with E-state index < -0.39 is 0 Å². The van der Waals surface area contributed by atoms with Gasteiger partial charge in [0.1, 0.15) is 5.82 Å². The van der Waals surface area contributed by atoms with E-state index in [1.165, 1.54) is 23.3 Å². The van der Waals surface area contributed by atoms with Gasteiger partial charge in [-0.3, -0.25) is 0 Å². The standard InChI is InChI=1S/C25H22FN/c1-18(2)23-17-27(22-11-7-4-8-12-22)25(20-9-5-3-6-10-20)24(23)19-13-15-21(26)16-14-19/h3-18H,1-2H3. The first-order valence-corrected chi connectivity index (χ1v) is 9.27. The van der Waals surface area contributed by atoms with E-state index in [1.807, 2.05) is 24.3 Å². The second-order valence-corrected chi connectivity index (χ2v) is 7.04. The summed E-state index contributed by atoms with van der Waals surface area (Å²) >= 11 is 0. The number of benzene rings is 3. The topological polar surface area (TPSA) is 4.93 Å². The zero-order valence-electron chi connectivity index (χ0n) is 15.6. The molecule has 27 heavy (non-hydrogen) atoms. The molecule has 4 aromatic rings. The van der Waals surface area contributed by atoms with E-state index >= 15 is 0 Å². The van der Waals surface area contributed by atoms with Crippen LogP contribution in [0.1, 0.15) is 25.3 Å². The molecule has 0 saturated heterocycles. The van der Waals surface area contributed by atoms with E-state index in [-0.39, 0.29) is 5.82 Å². The summed E-state index contributed by atoms with van der Waals surface area (Å²) in [6.45, 7) is 4.40. The molecule has 0 bridgehead atoms. The fourth-order valence-electron chi connectivity index (χ4n) is 3.55.